The maximum Gasteiger partial charge on any atom is 0.254 e. The SMILES string of the molecule is O=C(CCCNC(=O)c1ccc(F)cc1F)Nc1ccc(Cn2cccn2)cc1. The van der Waals surface area contributed by atoms with Gasteiger partial charge in [0.25, 0.3) is 5.91 Å². The molecule has 0 saturated heterocycles. The topological polar surface area (TPSA) is 76.0 Å². The molecule has 0 aliphatic heterocycles. The number of hydrogen-bond acceptors (Lipinski definition) is 3. The van der Waals surface area contributed by atoms with Gasteiger partial charge in [0.05, 0.1) is 12.1 Å². The molecule has 0 saturated carbocycles. The molecule has 0 bridgehead atoms. The quantitative estimate of drug-likeness (QED) is 0.572. The first-order valence-electron chi connectivity index (χ1n) is 9.11. The van der Waals surface area contributed by atoms with Gasteiger partial charge in [-0.15, -0.1) is 0 Å². The van der Waals surface area contributed by atoms with E-state index < -0.39 is 17.5 Å². The van der Waals surface area contributed by atoms with Crippen LogP contribution in [0.1, 0.15) is 28.8 Å². The molecule has 6 nitrogen and oxygen atoms in total. The number of nitrogens with zero attached hydrogens (tertiary/aromatic N) is 2. The second-order valence-corrected chi connectivity index (χ2v) is 6.43. The molecule has 2 N–H and O–H groups in total. The molecule has 2 amide bonds. The van der Waals surface area contributed by atoms with Gasteiger partial charge in [0.15, 0.2) is 0 Å². The average Bonchev–Trinajstić information content (AvgIpc) is 3.20. The third kappa shape index (κ3) is 5.97. The number of amides is 2. The van der Waals surface area contributed by atoms with Gasteiger partial charge in [0, 0.05) is 37.1 Å². The van der Waals surface area contributed by atoms with Gasteiger partial charge in [0.2, 0.25) is 5.91 Å². The van der Waals surface area contributed by atoms with E-state index in [4.69, 9.17) is 0 Å². The number of rotatable bonds is 8. The van der Waals surface area contributed by atoms with Crippen LogP contribution in [0.15, 0.2) is 60.9 Å². The van der Waals surface area contributed by atoms with Crippen molar-refractivity contribution in [3.63, 3.8) is 0 Å². The van der Waals surface area contributed by atoms with E-state index in [1.807, 2.05) is 36.5 Å². The van der Waals surface area contributed by atoms with Gasteiger partial charge in [-0.1, -0.05) is 12.1 Å². The standard InChI is InChI=1S/C21H20F2N4O2/c22-16-6-9-18(19(23)13-16)21(29)24-10-1-3-20(28)26-17-7-4-15(5-8-17)14-27-12-2-11-25-27/h2,4-9,11-13H,1,3,10,14H2,(H,24,29)(H,26,28). The third-order valence-corrected chi connectivity index (χ3v) is 4.18. The zero-order valence-corrected chi connectivity index (χ0v) is 15.6. The van der Waals surface area contributed by atoms with E-state index in [1.54, 1.807) is 10.9 Å². The monoisotopic (exact) mass is 398 g/mol. The lowest BCUT2D eigenvalue weighted by atomic mass is 10.2. The van der Waals surface area contributed by atoms with Gasteiger partial charge in [-0.25, -0.2) is 8.78 Å². The Labute approximate surface area is 166 Å². The zero-order chi connectivity index (χ0) is 20.6. The molecule has 0 aliphatic rings. The fourth-order valence-corrected chi connectivity index (χ4v) is 2.72. The summed E-state index contributed by atoms with van der Waals surface area (Å²) in [4.78, 5) is 23.9. The van der Waals surface area contributed by atoms with Crippen LogP contribution in [-0.2, 0) is 11.3 Å². The van der Waals surface area contributed by atoms with Crippen molar-refractivity contribution in [1.82, 2.24) is 15.1 Å². The molecule has 0 radical (unpaired) electrons. The fraction of sp³-hybridized carbons (Fsp3) is 0.190. The van der Waals surface area contributed by atoms with Crippen LogP contribution in [0.2, 0.25) is 0 Å². The van der Waals surface area contributed by atoms with Crippen molar-refractivity contribution < 1.29 is 18.4 Å². The predicted octanol–water partition coefficient (Wildman–Crippen LogP) is 3.36. The molecule has 1 aromatic heterocycles. The van der Waals surface area contributed by atoms with Gasteiger partial charge in [-0.2, -0.15) is 5.10 Å². The van der Waals surface area contributed by atoms with Crippen LogP contribution in [0.3, 0.4) is 0 Å². The summed E-state index contributed by atoms with van der Waals surface area (Å²) in [5.74, 6) is -2.50. The van der Waals surface area contributed by atoms with E-state index in [2.05, 4.69) is 15.7 Å². The zero-order valence-electron chi connectivity index (χ0n) is 15.6. The molecule has 0 atom stereocenters. The number of carbonyl (C=O) groups is 2. The number of hydrogen-bond donors (Lipinski definition) is 2. The fourth-order valence-electron chi connectivity index (χ4n) is 2.72. The summed E-state index contributed by atoms with van der Waals surface area (Å²) in [6.45, 7) is 0.849. The Hall–Kier alpha value is -3.55. The average molecular weight is 398 g/mol. The minimum atomic E-state index is -0.920. The summed E-state index contributed by atoms with van der Waals surface area (Å²) < 4.78 is 28.2. The van der Waals surface area contributed by atoms with Crippen molar-refractivity contribution in [1.29, 1.82) is 0 Å². The summed E-state index contributed by atoms with van der Waals surface area (Å²) in [5.41, 5.74) is 1.50. The highest BCUT2D eigenvalue weighted by molar-refractivity contribution is 5.94. The largest absolute Gasteiger partial charge is 0.352 e. The molecule has 8 heteroatoms. The van der Waals surface area contributed by atoms with Crippen molar-refractivity contribution in [3.8, 4) is 0 Å². The lowest BCUT2D eigenvalue weighted by Gasteiger charge is -2.08. The maximum absolute atomic E-state index is 13.5. The Morgan fingerprint density at radius 2 is 1.86 bits per heavy atom. The number of anilines is 1. The first kappa shape index (κ1) is 20.2. The highest BCUT2D eigenvalue weighted by Crippen LogP contribution is 2.12. The number of benzene rings is 2. The first-order chi connectivity index (χ1) is 14.0. The van der Waals surface area contributed by atoms with Crippen LogP contribution in [0.25, 0.3) is 0 Å². The molecule has 0 fully saturated rings. The molecule has 1 heterocycles. The van der Waals surface area contributed by atoms with Crippen molar-refractivity contribution in [2.75, 3.05) is 11.9 Å². The van der Waals surface area contributed by atoms with E-state index in [0.29, 0.717) is 24.7 Å². The highest BCUT2D eigenvalue weighted by atomic mass is 19.1. The van der Waals surface area contributed by atoms with Crippen molar-refractivity contribution in [2.45, 2.75) is 19.4 Å². The van der Waals surface area contributed by atoms with Gasteiger partial charge in [0.1, 0.15) is 11.6 Å². The highest BCUT2D eigenvalue weighted by Gasteiger charge is 2.12. The van der Waals surface area contributed by atoms with E-state index in [9.17, 15) is 18.4 Å². The van der Waals surface area contributed by atoms with Crippen LogP contribution >= 0.6 is 0 Å². The molecular weight excluding hydrogens is 378 g/mol. The van der Waals surface area contributed by atoms with Crippen LogP contribution in [-0.4, -0.2) is 28.1 Å². The molecule has 29 heavy (non-hydrogen) atoms. The number of carbonyl (C=O) groups excluding carboxylic acids is 2. The molecular formula is C21H20F2N4O2. The van der Waals surface area contributed by atoms with E-state index >= 15 is 0 Å². The van der Waals surface area contributed by atoms with Crippen LogP contribution in [0, 0.1) is 11.6 Å². The molecule has 3 rings (SSSR count). The lowest BCUT2D eigenvalue weighted by molar-refractivity contribution is -0.116. The maximum atomic E-state index is 13.5. The number of halogens is 2. The Bertz CT molecular complexity index is 973. The molecule has 2 aromatic carbocycles. The first-order valence-corrected chi connectivity index (χ1v) is 9.11. The van der Waals surface area contributed by atoms with Gasteiger partial charge in [-0.05, 0) is 42.3 Å². The second-order valence-electron chi connectivity index (χ2n) is 6.43. The minimum Gasteiger partial charge on any atom is -0.352 e. The molecule has 3 aromatic rings. The number of nitrogens with one attached hydrogen (secondary N) is 2. The number of aromatic nitrogens is 2. The van der Waals surface area contributed by atoms with Gasteiger partial charge in [-0.3, -0.25) is 14.3 Å². The Kier molecular flexibility index (Phi) is 6.67. The summed E-state index contributed by atoms with van der Waals surface area (Å²) in [5, 5.41) is 9.45. The van der Waals surface area contributed by atoms with Crippen molar-refractivity contribution >= 4 is 17.5 Å². The smallest absolute Gasteiger partial charge is 0.254 e. The Balaban J connectivity index is 1.39. The predicted molar refractivity (Wildman–Crippen MR) is 104 cm³/mol. The van der Waals surface area contributed by atoms with Crippen LogP contribution in [0.4, 0.5) is 14.5 Å². The summed E-state index contributed by atoms with van der Waals surface area (Å²) >= 11 is 0. The lowest BCUT2D eigenvalue weighted by Crippen LogP contribution is -2.26. The van der Waals surface area contributed by atoms with Crippen molar-refractivity contribution in [2.24, 2.45) is 0 Å². The van der Waals surface area contributed by atoms with Crippen LogP contribution < -0.4 is 10.6 Å². The van der Waals surface area contributed by atoms with Gasteiger partial charge >= 0.3 is 0 Å². The molecule has 0 unspecified atom stereocenters. The van der Waals surface area contributed by atoms with E-state index in [1.165, 1.54) is 0 Å². The van der Waals surface area contributed by atoms with Crippen molar-refractivity contribution in [3.05, 3.63) is 83.7 Å². The molecule has 0 spiro atoms. The summed E-state index contributed by atoms with van der Waals surface area (Å²) in [6.07, 6.45) is 4.17. The minimum absolute atomic E-state index is 0.188. The van der Waals surface area contributed by atoms with Gasteiger partial charge < -0.3 is 10.6 Å². The Morgan fingerprint density at radius 3 is 2.55 bits per heavy atom. The second kappa shape index (κ2) is 9.59. The Morgan fingerprint density at radius 1 is 1.07 bits per heavy atom. The van der Waals surface area contributed by atoms with Crippen LogP contribution in [0.5, 0.6) is 0 Å². The third-order valence-electron chi connectivity index (χ3n) is 4.18. The molecule has 0 aliphatic carbocycles. The molecule has 150 valence electrons. The van der Waals surface area contributed by atoms with E-state index in [0.717, 1.165) is 17.7 Å². The van der Waals surface area contributed by atoms with E-state index in [-0.39, 0.29) is 24.4 Å². The normalized spacial score (nSPS) is 10.6. The summed E-state index contributed by atoms with van der Waals surface area (Å²) in [7, 11) is 0. The summed E-state index contributed by atoms with van der Waals surface area (Å²) in [6, 6.07) is 12.1.